The summed E-state index contributed by atoms with van der Waals surface area (Å²) in [5, 5.41) is 7.72. The Balaban J connectivity index is 2.06. The van der Waals surface area contributed by atoms with Gasteiger partial charge in [-0.1, -0.05) is 0 Å². The molecule has 0 unspecified atom stereocenters. The van der Waals surface area contributed by atoms with Crippen molar-refractivity contribution in [2.24, 2.45) is 0 Å². The number of hydrogen-bond acceptors (Lipinski definition) is 3. The fraction of sp³-hybridized carbons (Fsp3) is 0.692. The molecule has 1 saturated heterocycles. The summed E-state index contributed by atoms with van der Waals surface area (Å²) in [6.45, 7) is 10.2. The number of rotatable bonds is 3. The summed E-state index contributed by atoms with van der Waals surface area (Å²) in [7, 11) is 0. The molecule has 1 aliphatic rings. The molecule has 5 heteroatoms. The summed E-state index contributed by atoms with van der Waals surface area (Å²) < 4.78 is 1.92. The first-order valence-electron chi connectivity index (χ1n) is 6.48. The number of carbonyl (C=O) groups is 1. The average molecular weight is 250 g/mol. The van der Waals surface area contributed by atoms with E-state index in [4.69, 9.17) is 0 Å². The molecule has 18 heavy (non-hydrogen) atoms. The third-order valence-electron chi connectivity index (χ3n) is 3.32. The Kier molecular flexibility index (Phi) is 3.43. The highest BCUT2D eigenvalue weighted by Crippen LogP contribution is 2.15. The van der Waals surface area contributed by atoms with Crippen LogP contribution in [0.15, 0.2) is 12.3 Å². The normalized spacial score (nSPS) is 19.6. The summed E-state index contributed by atoms with van der Waals surface area (Å²) in [4.78, 5) is 14.1. The molecule has 1 aromatic rings. The van der Waals surface area contributed by atoms with E-state index in [1.807, 2.05) is 35.7 Å². The largest absolute Gasteiger partial charge is 0.334 e. The van der Waals surface area contributed by atoms with E-state index < -0.39 is 5.54 Å². The Morgan fingerprint density at radius 2 is 2.22 bits per heavy atom. The highest BCUT2D eigenvalue weighted by atomic mass is 16.2. The van der Waals surface area contributed by atoms with Gasteiger partial charge in [0.1, 0.15) is 0 Å². The summed E-state index contributed by atoms with van der Waals surface area (Å²) in [5.41, 5.74) is 0.494. The minimum absolute atomic E-state index is 0.146. The maximum atomic E-state index is 12.2. The summed E-state index contributed by atoms with van der Waals surface area (Å²) in [6, 6.07) is 2.34. The van der Waals surface area contributed by atoms with Crippen LogP contribution < -0.4 is 5.32 Å². The molecule has 1 N–H and O–H groups in total. The highest BCUT2D eigenvalue weighted by Gasteiger charge is 2.35. The molecular weight excluding hydrogens is 228 g/mol. The van der Waals surface area contributed by atoms with E-state index in [2.05, 4.69) is 24.3 Å². The summed E-state index contributed by atoms with van der Waals surface area (Å²) in [5.74, 6) is 0.146. The van der Waals surface area contributed by atoms with Crippen molar-refractivity contribution in [3.63, 3.8) is 0 Å². The Labute approximate surface area is 108 Å². The van der Waals surface area contributed by atoms with E-state index in [9.17, 15) is 4.79 Å². The minimum atomic E-state index is -0.459. The molecule has 0 spiro atoms. The standard InChI is InChI=1S/C13H22N4O/c1-10(2)17-7-5-11(15-17)9-16-8-6-14-13(3,4)12(16)18/h5,7,10,14H,6,8-9H2,1-4H3. The topological polar surface area (TPSA) is 50.2 Å². The van der Waals surface area contributed by atoms with Gasteiger partial charge >= 0.3 is 0 Å². The predicted molar refractivity (Wildman–Crippen MR) is 70.1 cm³/mol. The number of hydrogen-bond donors (Lipinski definition) is 1. The summed E-state index contributed by atoms with van der Waals surface area (Å²) in [6.07, 6.45) is 1.97. The van der Waals surface area contributed by atoms with Crippen molar-refractivity contribution in [2.75, 3.05) is 13.1 Å². The van der Waals surface area contributed by atoms with Crippen molar-refractivity contribution in [3.05, 3.63) is 18.0 Å². The van der Waals surface area contributed by atoms with E-state index in [-0.39, 0.29) is 5.91 Å². The van der Waals surface area contributed by atoms with Crippen molar-refractivity contribution in [2.45, 2.75) is 45.8 Å². The molecule has 0 aromatic carbocycles. The molecule has 0 radical (unpaired) electrons. The highest BCUT2D eigenvalue weighted by molar-refractivity contribution is 5.86. The fourth-order valence-electron chi connectivity index (χ4n) is 2.17. The molecule has 0 aliphatic carbocycles. The van der Waals surface area contributed by atoms with Gasteiger partial charge < -0.3 is 10.2 Å². The number of amides is 1. The molecule has 0 bridgehead atoms. The van der Waals surface area contributed by atoms with Gasteiger partial charge in [0.25, 0.3) is 0 Å². The average Bonchev–Trinajstić information content (AvgIpc) is 2.73. The van der Waals surface area contributed by atoms with Crippen molar-refractivity contribution in [1.29, 1.82) is 0 Å². The Morgan fingerprint density at radius 3 is 2.83 bits per heavy atom. The molecule has 0 atom stereocenters. The molecule has 2 rings (SSSR count). The lowest BCUT2D eigenvalue weighted by atomic mass is 10.0. The first-order valence-corrected chi connectivity index (χ1v) is 6.48. The molecule has 2 heterocycles. The molecule has 1 aliphatic heterocycles. The van der Waals surface area contributed by atoms with Crippen molar-refractivity contribution >= 4 is 5.91 Å². The maximum Gasteiger partial charge on any atom is 0.242 e. The first kappa shape index (κ1) is 13.1. The number of carbonyl (C=O) groups excluding carboxylic acids is 1. The predicted octanol–water partition coefficient (Wildman–Crippen LogP) is 1.17. The second kappa shape index (κ2) is 4.72. The third kappa shape index (κ3) is 2.56. The monoisotopic (exact) mass is 250 g/mol. The third-order valence-corrected chi connectivity index (χ3v) is 3.32. The Morgan fingerprint density at radius 1 is 1.50 bits per heavy atom. The van der Waals surface area contributed by atoms with Crippen molar-refractivity contribution in [3.8, 4) is 0 Å². The molecule has 5 nitrogen and oxygen atoms in total. The van der Waals surface area contributed by atoms with Crippen LogP contribution >= 0.6 is 0 Å². The van der Waals surface area contributed by atoms with Crippen molar-refractivity contribution in [1.82, 2.24) is 20.0 Å². The van der Waals surface area contributed by atoms with Gasteiger partial charge in [0.15, 0.2) is 0 Å². The molecule has 1 fully saturated rings. The van der Waals surface area contributed by atoms with Crippen LogP contribution in [0.4, 0.5) is 0 Å². The summed E-state index contributed by atoms with van der Waals surface area (Å²) >= 11 is 0. The second-order valence-electron chi connectivity index (χ2n) is 5.66. The smallest absolute Gasteiger partial charge is 0.242 e. The Bertz CT molecular complexity index is 436. The number of nitrogens with one attached hydrogen (secondary N) is 1. The molecule has 1 aromatic heterocycles. The first-order chi connectivity index (χ1) is 8.40. The van der Waals surface area contributed by atoms with E-state index in [1.165, 1.54) is 0 Å². The fourth-order valence-corrected chi connectivity index (χ4v) is 2.17. The second-order valence-corrected chi connectivity index (χ2v) is 5.66. The zero-order valence-corrected chi connectivity index (χ0v) is 11.6. The van der Waals surface area contributed by atoms with Crippen LogP contribution in [0.1, 0.15) is 39.4 Å². The van der Waals surface area contributed by atoms with Gasteiger partial charge in [0.2, 0.25) is 5.91 Å². The number of aromatic nitrogens is 2. The van der Waals surface area contributed by atoms with E-state index in [0.29, 0.717) is 12.6 Å². The maximum absolute atomic E-state index is 12.2. The van der Waals surface area contributed by atoms with Crippen LogP contribution in [0.2, 0.25) is 0 Å². The lowest BCUT2D eigenvalue weighted by molar-refractivity contribution is -0.140. The van der Waals surface area contributed by atoms with Crippen LogP contribution in [-0.4, -0.2) is 39.2 Å². The molecule has 100 valence electrons. The van der Waals surface area contributed by atoms with E-state index in [0.717, 1.165) is 18.8 Å². The van der Waals surface area contributed by atoms with Crippen LogP contribution in [0.3, 0.4) is 0 Å². The van der Waals surface area contributed by atoms with Crippen LogP contribution in [-0.2, 0) is 11.3 Å². The number of nitrogens with zero attached hydrogens (tertiary/aromatic N) is 3. The van der Waals surface area contributed by atoms with Crippen molar-refractivity contribution < 1.29 is 4.79 Å². The zero-order valence-electron chi connectivity index (χ0n) is 11.6. The van der Waals surface area contributed by atoms with Gasteiger partial charge in [-0.05, 0) is 33.8 Å². The zero-order chi connectivity index (χ0) is 13.3. The molecule has 0 saturated carbocycles. The SMILES string of the molecule is CC(C)n1ccc(CN2CCNC(C)(C)C2=O)n1. The van der Waals surface area contributed by atoms with Crippen LogP contribution in [0.5, 0.6) is 0 Å². The number of piperazine rings is 1. The van der Waals surface area contributed by atoms with Gasteiger partial charge in [-0.25, -0.2) is 0 Å². The lowest BCUT2D eigenvalue weighted by Gasteiger charge is -2.37. The Hall–Kier alpha value is -1.36. The van der Waals surface area contributed by atoms with E-state index in [1.54, 1.807) is 0 Å². The lowest BCUT2D eigenvalue weighted by Crippen LogP contribution is -2.60. The molecular formula is C13H22N4O. The van der Waals surface area contributed by atoms with Crippen LogP contribution in [0.25, 0.3) is 0 Å². The molecule has 1 amide bonds. The van der Waals surface area contributed by atoms with E-state index >= 15 is 0 Å². The quantitative estimate of drug-likeness (QED) is 0.876. The van der Waals surface area contributed by atoms with Gasteiger partial charge in [0, 0.05) is 25.3 Å². The van der Waals surface area contributed by atoms with Gasteiger partial charge in [-0.15, -0.1) is 0 Å². The minimum Gasteiger partial charge on any atom is -0.334 e. The van der Waals surface area contributed by atoms with Crippen LogP contribution in [0, 0.1) is 0 Å². The van der Waals surface area contributed by atoms with Gasteiger partial charge in [-0.2, -0.15) is 5.10 Å². The van der Waals surface area contributed by atoms with Gasteiger partial charge in [-0.3, -0.25) is 9.48 Å². The van der Waals surface area contributed by atoms with Gasteiger partial charge in [0.05, 0.1) is 17.8 Å².